The molecule has 138 valence electrons. The van der Waals surface area contributed by atoms with E-state index in [9.17, 15) is 9.59 Å². The van der Waals surface area contributed by atoms with E-state index in [0.717, 1.165) is 0 Å². The van der Waals surface area contributed by atoms with Crippen LogP contribution in [0.25, 0.3) is 0 Å². The predicted octanol–water partition coefficient (Wildman–Crippen LogP) is 3.74. The van der Waals surface area contributed by atoms with Gasteiger partial charge in [0.15, 0.2) is 0 Å². The lowest BCUT2D eigenvalue weighted by Gasteiger charge is -2.23. The van der Waals surface area contributed by atoms with Crippen molar-refractivity contribution in [2.75, 3.05) is 31.0 Å². The summed E-state index contributed by atoms with van der Waals surface area (Å²) in [6.07, 6.45) is 0.128. The Labute approximate surface area is 157 Å². The molecule has 0 atom stereocenters. The van der Waals surface area contributed by atoms with Crippen LogP contribution >= 0.6 is 11.6 Å². The number of methoxy groups -OCH3 is 2. The molecule has 0 saturated heterocycles. The first-order chi connectivity index (χ1) is 12.4. The molecule has 0 bridgehead atoms. The van der Waals surface area contributed by atoms with Crippen LogP contribution in [-0.2, 0) is 9.59 Å². The largest absolute Gasteiger partial charge is 0.497 e. The monoisotopic (exact) mass is 376 g/mol. The Morgan fingerprint density at radius 1 is 1.08 bits per heavy atom. The van der Waals surface area contributed by atoms with E-state index >= 15 is 0 Å². The standard InChI is InChI=1S/C19H21ClN2O4/c1-13(23)22(17-12-16(25-2)8-9-18(17)26-3)11-10-19(24)21-15-6-4-14(20)5-7-15/h4-9,12H,10-11H2,1-3H3,(H,21,24). The number of carbonyl (C=O) groups is 2. The predicted molar refractivity (Wildman–Crippen MR) is 102 cm³/mol. The summed E-state index contributed by atoms with van der Waals surface area (Å²) in [4.78, 5) is 25.8. The molecule has 2 aromatic rings. The van der Waals surface area contributed by atoms with Gasteiger partial charge in [-0.05, 0) is 36.4 Å². The van der Waals surface area contributed by atoms with E-state index in [0.29, 0.717) is 27.9 Å². The van der Waals surface area contributed by atoms with E-state index in [1.165, 1.54) is 18.9 Å². The second-order valence-corrected chi connectivity index (χ2v) is 5.95. The van der Waals surface area contributed by atoms with Crippen LogP contribution in [0.4, 0.5) is 11.4 Å². The molecule has 1 N–H and O–H groups in total. The molecule has 0 spiro atoms. The van der Waals surface area contributed by atoms with Crippen molar-refractivity contribution in [1.29, 1.82) is 0 Å². The van der Waals surface area contributed by atoms with Crippen LogP contribution in [0.15, 0.2) is 42.5 Å². The Kier molecular flexibility index (Phi) is 6.86. The van der Waals surface area contributed by atoms with Gasteiger partial charge < -0.3 is 19.7 Å². The van der Waals surface area contributed by atoms with Crippen LogP contribution in [0.2, 0.25) is 5.02 Å². The lowest BCUT2D eigenvalue weighted by molar-refractivity contribution is -0.117. The number of nitrogens with one attached hydrogen (secondary N) is 1. The van der Waals surface area contributed by atoms with Crippen LogP contribution in [-0.4, -0.2) is 32.6 Å². The Hall–Kier alpha value is -2.73. The van der Waals surface area contributed by atoms with E-state index in [-0.39, 0.29) is 24.8 Å². The minimum absolute atomic E-state index is 0.128. The van der Waals surface area contributed by atoms with Gasteiger partial charge in [-0.2, -0.15) is 0 Å². The number of rotatable bonds is 7. The van der Waals surface area contributed by atoms with E-state index in [1.54, 1.807) is 49.6 Å². The van der Waals surface area contributed by atoms with Gasteiger partial charge in [-0.3, -0.25) is 9.59 Å². The van der Waals surface area contributed by atoms with Crippen LogP contribution < -0.4 is 19.7 Å². The number of amides is 2. The van der Waals surface area contributed by atoms with Crippen molar-refractivity contribution in [2.24, 2.45) is 0 Å². The molecule has 2 rings (SSSR count). The summed E-state index contributed by atoms with van der Waals surface area (Å²) in [5, 5.41) is 3.37. The zero-order valence-corrected chi connectivity index (χ0v) is 15.7. The Morgan fingerprint density at radius 3 is 2.35 bits per heavy atom. The van der Waals surface area contributed by atoms with Gasteiger partial charge in [0, 0.05) is 36.7 Å². The highest BCUT2D eigenvalue weighted by molar-refractivity contribution is 6.30. The maximum atomic E-state index is 12.2. The first-order valence-corrected chi connectivity index (χ1v) is 8.38. The van der Waals surface area contributed by atoms with Crippen LogP contribution in [0.1, 0.15) is 13.3 Å². The zero-order chi connectivity index (χ0) is 19.1. The van der Waals surface area contributed by atoms with Gasteiger partial charge in [0.2, 0.25) is 11.8 Å². The Bertz CT molecular complexity index is 778. The minimum atomic E-state index is -0.208. The molecule has 0 radical (unpaired) electrons. The van der Waals surface area contributed by atoms with Crippen molar-refractivity contribution >= 4 is 34.8 Å². The number of ether oxygens (including phenoxy) is 2. The van der Waals surface area contributed by atoms with E-state index < -0.39 is 0 Å². The maximum absolute atomic E-state index is 12.2. The fraction of sp³-hybridized carbons (Fsp3) is 0.263. The van der Waals surface area contributed by atoms with Crippen molar-refractivity contribution in [3.63, 3.8) is 0 Å². The maximum Gasteiger partial charge on any atom is 0.226 e. The third kappa shape index (κ3) is 5.13. The summed E-state index contributed by atoms with van der Waals surface area (Å²) in [6, 6.07) is 12.0. The lowest BCUT2D eigenvalue weighted by Crippen LogP contribution is -2.32. The fourth-order valence-electron chi connectivity index (χ4n) is 2.43. The highest BCUT2D eigenvalue weighted by atomic mass is 35.5. The number of carbonyl (C=O) groups excluding carboxylic acids is 2. The van der Waals surface area contributed by atoms with Crippen molar-refractivity contribution < 1.29 is 19.1 Å². The quantitative estimate of drug-likeness (QED) is 0.799. The second-order valence-electron chi connectivity index (χ2n) is 5.51. The van der Waals surface area contributed by atoms with Crippen molar-refractivity contribution in [2.45, 2.75) is 13.3 Å². The summed E-state index contributed by atoms with van der Waals surface area (Å²) in [5.74, 6) is 0.716. The van der Waals surface area contributed by atoms with Crippen molar-refractivity contribution in [3.05, 3.63) is 47.5 Å². The normalized spacial score (nSPS) is 10.2. The molecule has 7 heteroatoms. The Morgan fingerprint density at radius 2 is 1.77 bits per heavy atom. The van der Waals surface area contributed by atoms with Crippen molar-refractivity contribution in [3.8, 4) is 11.5 Å². The third-order valence-electron chi connectivity index (χ3n) is 3.75. The summed E-state index contributed by atoms with van der Waals surface area (Å²) in [7, 11) is 3.07. The minimum Gasteiger partial charge on any atom is -0.497 e. The van der Waals surface area contributed by atoms with Gasteiger partial charge in [-0.15, -0.1) is 0 Å². The van der Waals surface area contributed by atoms with E-state index in [4.69, 9.17) is 21.1 Å². The number of hydrogen-bond acceptors (Lipinski definition) is 4. The third-order valence-corrected chi connectivity index (χ3v) is 4.00. The SMILES string of the molecule is COc1ccc(OC)c(N(CCC(=O)Nc2ccc(Cl)cc2)C(C)=O)c1. The van der Waals surface area contributed by atoms with Gasteiger partial charge in [-0.25, -0.2) is 0 Å². The molecule has 0 heterocycles. The number of nitrogens with zero attached hydrogens (tertiary/aromatic N) is 1. The number of anilines is 2. The summed E-state index contributed by atoms with van der Waals surface area (Å²) in [5.41, 5.74) is 1.20. The molecule has 0 unspecified atom stereocenters. The van der Waals surface area contributed by atoms with Gasteiger partial charge in [0.25, 0.3) is 0 Å². The van der Waals surface area contributed by atoms with Crippen LogP contribution in [0.5, 0.6) is 11.5 Å². The molecular formula is C19H21ClN2O4. The molecule has 0 aliphatic carbocycles. The molecular weight excluding hydrogens is 356 g/mol. The number of hydrogen-bond donors (Lipinski definition) is 1. The second kappa shape index (κ2) is 9.10. The molecule has 2 amide bonds. The lowest BCUT2D eigenvalue weighted by atomic mass is 10.2. The highest BCUT2D eigenvalue weighted by Crippen LogP contribution is 2.32. The average Bonchev–Trinajstić information content (AvgIpc) is 2.63. The van der Waals surface area contributed by atoms with Gasteiger partial charge in [0.05, 0.1) is 19.9 Å². The van der Waals surface area contributed by atoms with E-state index in [1.807, 2.05) is 0 Å². The number of benzene rings is 2. The molecule has 0 saturated carbocycles. The van der Waals surface area contributed by atoms with Gasteiger partial charge in [0.1, 0.15) is 11.5 Å². The zero-order valence-electron chi connectivity index (χ0n) is 14.9. The number of halogens is 1. The van der Waals surface area contributed by atoms with Crippen LogP contribution in [0.3, 0.4) is 0 Å². The molecule has 0 fully saturated rings. The van der Waals surface area contributed by atoms with Gasteiger partial charge in [-0.1, -0.05) is 11.6 Å². The average molecular weight is 377 g/mol. The first-order valence-electron chi connectivity index (χ1n) is 8.00. The summed E-state index contributed by atoms with van der Waals surface area (Å²) >= 11 is 5.83. The smallest absolute Gasteiger partial charge is 0.226 e. The molecule has 26 heavy (non-hydrogen) atoms. The van der Waals surface area contributed by atoms with Gasteiger partial charge >= 0.3 is 0 Å². The topological polar surface area (TPSA) is 67.9 Å². The fourth-order valence-corrected chi connectivity index (χ4v) is 2.55. The Balaban J connectivity index is 2.10. The van der Waals surface area contributed by atoms with Crippen molar-refractivity contribution in [1.82, 2.24) is 0 Å². The molecule has 0 aromatic heterocycles. The summed E-state index contributed by atoms with van der Waals surface area (Å²) < 4.78 is 10.5. The highest BCUT2D eigenvalue weighted by Gasteiger charge is 2.18. The van der Waals surface area contributed by atoms with Crippen LogP contribution in [0, 0.1) is 0 Å². The molecule has 2 aromatic carbocycles. The first kappa shape index (κ1) is 19.6. The molecule has 0 aliphatic heterocycles. The summed E-state index contributed by atoms with van der Waals surface area (Å²) in [6.45, 7) is 1.65. The molecule has 0 aliphatic rings. The van der Waals surface area contributed by atoms with E-state index in [2.05, 4.69) is 5.32 Å². The molecule has 6 nitrogen and oxygen atoms in total.